The van der Waals surface area contributed by atoms with Crippen LogP contribution in [0.3, 0.4) is 0 Å². The Balaban J connectivity index is 2.07. The number of hydrogen-bond acceptors (Lipinski definition) is 5. The number of nitrogens with one attached hydrogen (secondary N) is 1. The van der Waals surface area contributed by atoms with Crippen molar-refractivity contribution in [3.05, 3.63) is 59.7 Å². The van der Waals surface area contributed by atoms with Gasteiger partial charge in [0, 0.05) is 12.5 Å². The molecule has 0 saturated heterocycles. The summed E-state index contributed by atoms with van der Waals surface area (Å²) in [7, 11) is 3.00. The van der Waals surface area contributed by atoms with E-state index in [9.17, 15) is 15.0 Å². The first kappa shape index (κ1) is 25.1. The van der Waals surface area contributed by atoms with Crippen molar-refractivity contribution in [2.75, 3.05) is 14.2 Å². The zero-order valence-electron chi connectivity index (χ0n) is 19.4. The first-order chi connectivity index (χ1) is 15.3. The van der Waals surface area contributed by atoms with Crippen LogP contribution in [0, 0.1) is 11.8 Å². The number of carbonyl (C=O) groups excluding carboxylic acids is 1. The zero-order chi connectivity index (χ0) is 23.5. The van der Waals surface area contributed by atoms with Gasteiger partial charge < -0.3 is 25.0 Å². The van der Waals surface area contributed by atoms with Crippen molar-refractivity contribution < 1.29 is 24.5 Å². The molecule has 1 amide bonds. The highest BCUT2D eigenvalue weighted by atomic mass is 16.5. The molecule has 0 radical (unpaired) electrons. The van der Waals surface area contributed by atoms with E-state index in [4.69, 9.17) is 9.47 Å². The molecule has 0 bridgehead atoms. The van der Waals surface area contributed by atoms with Crippen molar-refractivity contribution in [3.8, 4) is 23.0 Å². The lowest BCUT2D eigenvalue weighted by Gasteiger charge is -2.18. The van der Waals surface area contributed by atoms with Crippen molar-refractivity contribution in [1.82, 2.24) is 5.32 Å². The molecule has 0 aliphatic rings. The van der Waals surface area contributed by atoms with Gasteiger partial charge >= 0.3 is 0 Å². The highest BCUT2D eigenvalue weighted by Crippen LogP contribution is 2.29. The number of phenolic OH excluding ortho intramolecular Hbond substituents is 2. The summed E-state index contributed by atoms with van der Waals surface area (Å²) in [5.41, 5.74) is 1.78. The van der Waals surface area contributed by atoms with Gasteiger partial charge in [0.15, 0.2) is 23.0 Å². The van der Waals surface area contributed by atoms with Crippen LogP contribution in [-0.4, -0.2) is 30.3 Å². The van der Waals surface area contributed by atoms with Crippen LogP contribution in [0.5, 0.6) is 23.0 Å². The van der Waals surface area contributed by atoms with Gasteiger partial charge in [-0.2, -0.15) is 0 Å². The number of ether oxygens (including phenoxy) is 2. The van der Waals surface area contributed by atoms with Crippen LogP contribution in [0.1, 0.15) is 44.2 Å². The fourth-order valence-electron chi connectivity index (χ4n) is 3.48. The second-order valence-corrected chi connectivity index (χ2v) is 8.23. The minimum Gasteiger partial charge on any atom is -0.504 e. The predicted octanol–water partition coefficient (Wildman–Crippen LogP) is 4.97. The van der Waals surface area contributed by atoms with E-state index in [-0.39, 0.29) is 23.3 Å². The summed E-state index contributed by atoms with van der Waals surface area (Å²) in [6, 6.07) is 10.2. The largest absolute Gasteiger partial charge is 0.504 e. The number of phenols is 2. The summed E-state index contributed by atoms with van der Waals surface area (Å²) in [4.78, 5) is 13.0. The SMILES string of the molecule is COc1cc(CNC(=O)C(CCCC=CC(C)C)Cc2ccc(O)c(OC)c2)ccc1O. The van der Waals surface area contributed by atoms with Crippen LogP contribution in [-0.2, 0) is 17.8 Å². The topological polar surface area (TPSA) is 88.0 Å². The van der Waals surface area contributed by atoms with Gasteiger partial charge in [0.05, 0.1) is 14.2 Å². The monoisotopic (exact) mass is 441 g/mol. The molecule has 0 spiro atoms. The second-order valence-electron chi connectivity index (χ2n) is 8.23. The number of benzene rings is 2. The third-order valence-electron chi connectivity index (χ3n) is 5.25. The Kier molecular flexibility index (Phi) is 9.92. The van der Waals surface area contributed by atoms with E-state index in [0.29, 0.717) is 30.4 Å². The number of aromatic hydroxyl groups is 2. The first-order valence-electron chi connectivity index (χ1n) is 11.0. The molecule has 2 rings (SSSR count). The lowest BCUT2D eigenvalue weighted by Crippen LogP contribution is -2.31. The van der Waals surface area contributed by atoms with Gasteiger partial charge in [-0.25, -0.2) is 0 Å². The number of rotatable bonds is 12. The summed E-state index contributed by atoms with van der Waals surface area (Å²) in [6.07, 6.45) is 7.48. The normalized spacial score (nSPS) is 12.2. The molecule has 2 aromatic carbocycles. The van der Waals surface area contributed by atoms with Crippen LogP contribution in [0.25, 0.3) is 0 Å². The molecule has 3 N–H and O–H groups in total. The van der Waals surface area contributed by atoms with Gasteiger partial charge in [0.1, 0.15) is 0 Å². The molecule has 6 heteroatoms. The molecular formula is C26H35NO5. The summed E-state index contributed by atoms with van der Waals surface area (Å²) in [6.45, 7) is 4.63. The number of carbonyl (C=O) groups is 1. The minimum absolute atomic E-state index is 0.0306. The Morgan fingerprint density at radius 3 is 2.19 bits per heavy atom. The van der Waals surface area contributed by atoms with Crippen molar-refractivity contribution >= 4 is 5.91 Å². The van der Waals surface area contributed by atoms with Gasteiger partial charge in [0.2, 0.25) is 5.91 Å². The number of hydrogen-bond donors (Lipinski definition) is 3. The van der Waals surface area contributed by atoms with Crippen LogP contribution >= 0.6 is 0 Å². The molecule has 0 aliphatic carbocycles. The maximum absolute atomic E-state index is 13.0. The van der Waals surface area contributed by atoms with Gasteiger partial charge in [0.25, 0.3) is 0 Å². The average molecular weight is 442 g/mol. The van der Waals surface area contributed by atoms with E-state index in [1.165, 1.54) is 14.2 Å². The van der Waals surface area contributed by atoms with Gasteiger partial charge in [-0.1, -0.05) is 38.1 Å². The molecule has 0 aliphatic heterocycles. The van der Waals surface area contributed by atoms with Crippen molar-refractivity contribution in [2.45, 2.75) is 46.1 Å². The Morgan fingerprint density at radius 1 is 1.00 bits per heavy atom. The Morgan fingerprint density at radius 2 is 1.59 bits per heavy atom. The fraction of sp³-hybridized carbons (Fsp3) is 0.423. The molecule has 174 valence electrons. The molecule has 0 fully saturated rings. The van der Waals surface area contributed by atoms with E-state index in [0.717, 1.165) is 30.4 Å². The van der Waals surface area contributed by atoms with Gasteiger partial charge in [-0.05, 0) is 67.0 Å². The molecular weight excluding hydrogens is 406 g/mol. The first-order valence-corrected chi connectivity index (χ1v) is 11.0. The molecule has 1 unspecified atom stereocenters. The summed E-state index contributed by atoms with van der Waals surface area (Å²) in [5.74, 6) is 1.20. The molecule has 1 atom stereocenters. The quantitative estimate of drug-likeness (QED) is 0.320. The van der Waals surface area contributed by atoms with E-state index in [1.807, 2.05) is 6.07 Å². The predicted molar refractivity (Wildman–Crippen MR) is 126 cm³/mol. The molecule has 0 aromatic heterocycles. The molecule has 0 heterocycles. The van der Waals surface area contributed by atoms with E-state index in [1.54, 1.807) is 30.3 Å². The second kappa shape index (κ2) is 12.6. The van der Waals surface area contributed by atoms with E-state index < -0.39 is 0 Å². The molecule has 6 nitrogen and oxygen atoms in total. The highest BCUT2D eigenvalue weighted by Gasteiger charge is 2.19. The van der Waals surface area contributed by atoms with Gasteiger partial charge in [-0.15, -0.1) is 0 Å². The molecule has 0 saturated carbocycles. The fourth-order valence-corrected chi connectivity index (χ4v) is 3.48. The van der Waals surface area contributed by atoms with Crippen LogP contribution in [0.15, 0.2) is 48.6 Å². The summed E-state index contributed by atoms with van der Waals surface area (Å²) >= 11 is 0. The number of amides is 1. The third-order valence-corrected chi connectivity index (χ3v) is 5.25. The summed E-state index contributed by atoms with van der Waals surface area (Å²) in [5, 5.41) is 22.6. The number of unbranched alkanes of at least 4 members (excludes halogenated alkanes) is 1. The van der Waals surface area contributed by atoms with Crippen molar-refractivity contribution in [3.63, 3.8) is 0 Å². The smallest absolute Gasteiger partial charge is 0.223 e. The number of allylic oxidation sites excluding steroid dienone is 2. The maximum Gasteiger partial charge on any atom is 0.223 e. The lowest BCUT2D eigenvalue weighted by molar-refractivity contribution is -0.125. The van der Waals surface area contributed by atoms with E-state index in [2.05, 4.69) is 31.3 Å². The highest BCUT2D eigenvalue weighted by molar-refractivity contribution is 5.79. The van der Waals surface area contributed by atoms with Crippen molar-refractivity contribution in [2.24, 2.45) is 11.8 Å². The molecule has 2 aromatic rings. The average Bonchev–Trinajstić information content (AvgIpc) is 2.78. The lowest BCUT2D eigenvalue weighted by atomic mass is 9.92. The Hall–Kier alpha value is -3.15. The van der Waals surface area contributed by atoms with Crippen LogP contribution in [0.2, 0.25) is 0 Å². The Labute approximate surface area is 190 Å². The number of methoxy groups -OCH3 is 2. The standard InChI is InChI=1S/C26H35NO5/c1-18(2)8-6-5-7-9-21(14-19-10-12-22(28)24(15-19)31-3)26(30)27-17-20-11-13-23(29)25(16-20)32-4/h6,8,10-13,15-16,18,21,28-29H,5,7,9,14,17H2,1-4H3,(H,27,30). The minimum atomic E-state index is -0.212. The van der Waals surface area contributed by atoms with Crippen molar-refractivity contribution in [1.29, 1.82) is 0 Å². The summed E-state index contributed by atoms with van der Waals surface area (Å²) < 4.78 is 10.3. The van der Waals surface area contributed by atoms with E-state index >= 15 is 0 Å². The van der Waals surface area contributed by atoms with Crippen LogP contribution in [0.4, 0.5) is 0 Å². The zero-order valence-corrected chi connectivity index (χ0v) is 19.4. The third kappa shape index (κ3) is 7.84. The maximum atomic E-state index is 13.0. The Bertz CT molecular complexity index is 907. The molecule has 32 heavy (non-hydrogen) atoms. The van der Waals surface area contributed by atoms with Gasteiger partial charge in [-0.3, -0.25) is 4.79 Å². The van der Waals surface area contributed by atoms with Crippen LogP contribution < -0.4 is 14.8 Å².